The Morgan fingerprint density at radius 3 is 2.78 bits per heavy atom. The average molecular weight is 126 g/mol. The van der Waals surface area contributed by atoms with Crippen LogP contribution in [0.4, 0.5) is 0 Å². The molecule has 1 aliphatic rings. The van der Waals surface area contributed by atoms with E-state index in [0.717, 1.165) is 12.3 Å². The molecule has 1 fully saturated rings. The first kappa shape index (κ1) is 6.59. The lowest BCUT2D eigenvalue weighted by Gasteiger charge is -2.09. The zero-order chi connectivity index (χ0) is 6.69. The number of hydrogen-bond donors (Lipinski definition) is 1. The van der Waals surface area contributed by atoms with Gasteiger partial charge in [-0.2, -0.15) is 0 Å². The van der Waals surface area contributed by atoms with Crippen molar-refractivity contribution in [2.45, 2.75) is 32.2 Å². The van der Waals surface area contributed by atoms with Crippen LogP contribution in [0.5, 0.6) is 0 Å². The van der Waals surface area contributed by atoms with E-state index in [9.17, 15) is 4.79 Å². The van der Waals surface area contributed by atoms with Crippen LogP contribution in [-0.2, 0) is 4.79 Å². The highest BCUT2D eigenvalue weighted by Gasteiger charge is 2.29. The molecule has 0 spiro atoms. The Kier molecular flexibility index (Phi) is 2.09. The van der Waals surface area contributed by atoms with Crippen molar-refractivity contribution in [3.05, 3.63) is 0 Å². The second kappa shape index (κ2) is 2.85. The molecule has 1 N–H and O–H groups in total. The van der Waals surface area contributed by atoms with Gasteiger partial charge in [-0.25, -0.2) is 0 Å². The molecule has 1 aliphatic carbocycles. The first-order valence-corrected chi connectivity index (χ1v) is 3.51. The Hall–Kier alpha value is -0.530. The average Bonchev–Trinajstić information content (AvgIpc) is 2.64. The molecular formula is C7H12NO. The maximum absolute atomic E-state index is 9.87. The van der Waals surface area contributed by atoms with Gasteiger partial charge in [0.2, 0.25) is 0 Å². The fraction of sp³-hybridized carbons (Fsp3) is 0.857. The van der Waals surface area contributed by atoms with Crippen molar-refractivity contribution in [2.24, 2.45) is 5.92 Å². The summed E-state index contributed by atoms with van der Waals surface area (Å²) in [5.74, 6) is 0.761. The molecule has 0 saturated heterocycles. The van der Waals surface area contributed by atoms with Gasteiger partial charge in [0.1, 0.15) is 0 Å². The molecule has 0 aromatic carbocycles. The number of nitrogens with one attached hydrogen (secondary N) is 1. The number of rotatable bonds is 4. The quantitative estimate of drug-likeness (QED) is 0.555. The van der Waals surface area contributed by atoms with E-state index in [1.165, 1.54) is 12.8 Å². The minimum absolute atomic E-state index is 0.405. The van der Waals surface area contributed by atoms with E-state index in [4.69, 9.17) is 0 Å². The van der Waals surface area contributed by atoms with Crippen LogP contribution >= 0.6 is 0 Å². The fourth-order valence-electron chi connectivity index (χ4n) is 1.13. The first-order chi connectivity index (χ1) is 4.38. The van der Waals surface area contributed by atoms with Crippen LogP contribution in [0, 0.1) is 5.92 Å². The van der Waals surface area contributed by atoms with E-state index < -0.39 is 0 Å². The van der Waals surface area contributed by atoms with E-state index in [0.29, 0.717) is 6.04 Å². The summed E-state index contributed by atoms with van der Waals surface area (Å²) < 4.78 is 0. The fourth-order valence-corrected chi connectivity index (χ4v) is 1.13. The molecule has 1 atom stereocenters. The maximum Gasteiger partial charge on any atom is 0.309 e. The Morgan fingerprint density at radius 1 is 1.78 bits per heavy atom. The van der Waals surface area contributed by atoms with Crippen molar-refractivity contribution in [1.29, 1.82) is 0 Å². The highest BCUT2D eigenvalue weighted by Crippen LogP contribution is 2.33. The summed E-state index contributed by atoms with van der Waals surface area (Å²) in [6, 6.07) is 0.405. The van der Waals surface area contributed by atoms with E-state index in [1.807, 2.05) is 0 Å². The predicted molar refractivity (Wildman–Crippen MR) is 35.6 cm³/mol. The third-order valence-electron chi connectivity index (χ3n) is 1.88. The van der Waals surface area contributed by atoms with Gasteiger partial charge in [0.25, 0.3) is 0 Å². The molecule has 1 amide bonds. The van der Waals surface area contributed by atoms with Crippen LogP contribution in [0.3, 0.4) is 0 Å². The second-order valence-electron chi connectivity index (χ2n) is 2.60. The monoisotopic (exact) mass is 126 g/mol. The molecule has 9 heavy (non-hydrogen) atoms. The van der Waals surface area contributed by atoms with E-state index in [-0.39, 0.29) is 0 Å². The van der Waals surface area contributed by atoms with Gasteiger partial charge in [-0.1, -0.05) is 6.92 Å². The highest BCUT2D eigenvalue weighted by atomic mass is 16.1. The largest absolute Gasteiger partial charge is 0.345 e. The Bertz CT molecular complexity index is 99.1. The molecule has 0 aromatic heterocycles. The molecule has 1 unspecified atom stereocenters. The molecule has 0 aromatic rings. The van der Waals surface area contributed by atoms with Crippen molar-refractivity contribution < 1.29 is 4.79 Å². The minimum Gasteiger partial charge on any atom is -0.345 e. The first-order valence-electron chi connectivity index (χ1n) is 3.51. The second-order valence-corrected chi connectivity index (χ2v) is 2.60. The molecule has 1 saturated carbocycles. The van der Waals surface area contributed by atoms with Gasteiger partial charge in [-0.3, -0.25) is 4.79 Å². The van der Waals surface area contributed by atoms with Crippen molar-refractivity contribution in [1.82, 2.24) is 5.32 Å². The summed E-state index contributed by atoms with van der Waals surface area (Å²) in [4.78, 5) is 9.87. The molecule has 2 nitrogen and oxygen atoms in total. The number of hydrogen-bond acceptors (Lipinski definition) is 1. The summed E-state index contributed by atoms with van der Waals surface area (Å²) >= 11 is 0. The van der Waals surface area contributed by atoms with Crippen LogP contribution in [0.1, 0.15) is 26.2 Å². The predicted octanol–water partition coefficient (Wildman–Crippen LogP) is 0.832. The van der Waals surface area contributed by atoms with E-state index in [1.54, 1.807) is 6.41 Å². The lowest BCUT2D eigenvalue weighted by molar-refractivity contribution is 0.481. The maximum atomic E-state index is 9.87. The van der Waals surface area contributed by atoms with E-state index in [2.05, 4.69) is 12.2 Å². The van der Waals surface area contributed by atoms with Gasteiger partial charge < -0.3 is 5.32 Å². The highest BCUT2D eigenvalue weighted by molar-refractivity contribution is 5.47. The molecule has 1 rings (SSSR count). The van der Waals surface area contributed by atoms with Gasteiger partial charge in [0, 0.05) is 6.04 Å². The van der Waals surface area contributed by atoms with E-state index >= 15 is 0 Å². The molecule has 0 heterocycles. The van der Waals surface area contributed by atoms with Gasteiger partial charge in [0.15, 0.2) is 0 Å². The zero-order valence-corrected chi connectivity index (χ0v) is 5.68. The van der Waals surface area contributed by atoms with Crippen molar-refractivity contribution in [2.75, 3.05) is 0 Å². The van der Waals surface area contributed by atoms with Crippen LogP contribution < -0.4 is 5.32 Å². The molecule has 2 heteroatoms. The number of carbonyl (C=O) groups excluding carboxylic acids is 1. The molecule has 1 radical (unpaired) electrons. The normalized spacial score (nSPS) is 21.0. The molecule has 51 valence electrons. The Labute approximate surface area is 55.6 Å². The SMILES string of the molecule is CCC(N[C]=O)C1CC1. The Morgan fingerprint density at radius 2 is 2.44 bits per heavy atom. The van der Waals surface area contributed by atoms with Crippen molar-refractivity contribution in [3.8, 4) is 0 Å². The summed E-state index contributed by atoms with van der Waals surface area (Å²) in [5, 5.41) is 2.69. The van der Waals surface area contributed by atoms with Crippen molar-refractivity contribution >= 4 is 6.41 Å². The third kappa shape index (κ3) is 1.70. The standard InChI is InChI=1S/C7H12NO/c1-2-7(8-5-9)6-3-4-6/h6-7H,2-4H2,1H3,(H,8,9). The lowest BCUT2D eigenvalue weighted by Crippen LogP contribution is -2.28. The molecule has 0 bridgehead atoms. The minimum atomic E-state index is 0.405. The molecular weight excluding hydrogens is 114 g/mol. The lowest BCUT2D eigenvalue weighted by atomic mass is 10.1. The van der Waals surface area contributed by atoms with Crippen LogP contribution in [0.25, 0.3) is 0 Å². The van der Waals surface area contributed by atoms with Gasteiger partial charge in [-0.05, 0) is 25.2 Å². The summed E-state index contributed by atoms with van der Waals surface area (Å²) in [6.45, 7) is 2.09. The smallest absolute Gasteiger partial charge is 0.309 e. The molecule has 0 aliphatic heterocycles. The summed E-state index contributed by atoms with van der Waals surface area (Å²) in [7, 11) is 0. The Balaban J connectivity index is 2.20. The van der Waals surface area contributed by atoms with Crippen LogP contribution in [0.2, 0.25) is 0 Å². The van der Waals surface area contributed by atoms with Gasteiger partial charge in [-0.15, -0.1) is 0 Å². The summed E-state index contributed by atoms with van der Waals surface area (Å²) in [5.41, 5.74) is 0. The van der Waals surface area contributed by atoms with Crippen LogP contribution in [0.15, 0.2) is 0 Å². The van der Waals surface area contributed by atoms with Crippen molar-refractivity contribution in [3.63, 3.8) is 0 Å². The zero-order valence-electron chi connectivity index (χ0n) is 5.68. The topological polar surface area (TPSA) is 29.1 Å². The number of amides is 1. The van der Waals surface area contributed by atoms with Gasteiger partial charge >= 0.3 is 6.41 Å². The van der Waals surface area contributed by atoms with Crippen LogP contribution in [-0.4, -0.2) is 12.5 Å². The van der Waals surface area contributed by atoms with Gasteiger partial charge in [0.05, 0.1) is 0 Å². The third-order valence-corrected chi connectivity index (χ3v) is 1.88. The summed E-state index contributed by atoms with van der Waals surface area (Å²) in [6.07, 6.45) is 5.35.